The molecule has 2 aromatic carbocycles. The van der Waals surface area contributed by atoms with Crippen LogP contribution in [0.2, 0.25) is 5.02 Å². The molecule has 0 radical (unpaired) electrons. The number of alkyl halides is 3. The summed E-state index contributed by atoms with van der Waals surface area (Å²) in [5.74, 6) is 0. The first-order chi connectivity index (χ1) is 12.3. The van der Waals surface area contributed by atoms with Gasteiger partial charge in [-0.15, -0.1) is 0 Å². The van der Waals surface area contributed by atoms with Crippen LogP contribution < -0.4 is 4.90 Å². The molecule has 0 spiro atoms. The second-order valence-corrected chi connectivity index (χ2v) is 6.50. The summed E-state index contributed by atoms with van der Waals surface area (Å²) in [6, 6.07) is 11.1. The minimum atomic E-state index is -4.50. The number of anilines is 1. The number of cyclic esters (lactones) is 1. The molecule has 1 fully saturated rings. The number of carbonyl (C=O) groups excluding carboxylic acids is 1. The third-order valence-electron chi connectivity index (χ3n) is 4.33. The number of ether oxygens (including phenoxy) is 1. The molecule has 1 heterocycles. The highest BCUT2D eigenvalue weighted by molar-refractivity contribution is 6.31. The standard InChI is InChI=1S/C19H17ClF3NO2/c1-2-6-16-17(14-9-3-4-10-15(14)20)24(18(25)26-16)13-8-5-7-12(11-13)19(21,22)23/h3-5,7-11,16-17H,2,6H2,1H3. The van der Waals surface area contributed by atoms with Crippen LogP contribution in [0, 0.1) is 0 Å². The summed E-state index contributed by atoms with van der Waals surface area (Å²) >= 11 is 6.30. The molecule has 0 aromatic heterocycles. The lowest BCUT2D eigenvalue weighted by Crippen LogP contribution is -2.30. The van der Waals surface area contributed by atoms with Crippen molar-refractivity contribution in [2.75, 3.05) is 4.90 Å². The van der Waals surface area contributed by atoms with Crippen molar-refractivity contribution in [2.45, 2.75) is 38.1 Å². The second kappa shape index (κ2) is 7.19. The van der Waals surface area contributed by atoms with Crippen molar-refractivity contribution in [3.05, 3.63) is 64.7 Å². The Balaban J connectivity index is 2.09. The van der Waals surface area contributed by atoms with Crippen LogP contribution in [0.1, 0.15) is 36.9 Å². The van der Waals surface area contributed by atoms with Gasteiger partial charge < -0.3 is 4.74 Å². The van der Waals surface area contributed by atoms with Crippen LogP contribution in [0.15, 0.2) is 48.5 Å². The molecular formula is C19H17ClF3NO2. The van der Waals surface area contributed by atoms with Gasteiger partial charge in [0.15, 0.2) is 0 Å². The Kier molecular flexibility index (Phi) is 5.14. The topological polar surface area (TPSA) is 29.5 Å². The molecule has 2 aromatic rings. The third kappa shape index (κ3) is 3.51. The van der Waals surface area contributed by atoms with Crippen molar-refractivity contribution in [1.29, 1.82) is 0 Å². The lowest BCUT2D eigenvalue weighted by Gasteiger charge is -2.26. The normalized spacial score (nSPS) is 20.3. The third-order valence-corrected chi connectivity index (χ3v) is 4.67. The van der Waals surface area contributed by atoms with Crippen LogP contribution in [0.25, 0.3) is 0 Å². The number of rotatable bonds is 4. The number of benzene rings is 2. The molecular weight excluding hydrogens is 367 g/mol. The summed E-state index contributed by atoms with van der Waals surface area (Å²) in [4.78, 5) is 13.8. The van der Waals surface area contributed by atoms with Crippen molar-refractivity contribution in [2.24, 2.45) is 0 Å². The van der Waals surface area contributed by atoms with Gasteiger partial charge in [0.1, 0.15) is 12.1 Å². The lowest BCUT2D eigenvalue weighted by molar-refractivity contribution is -0.137. The first-order valence-corrected chi connectivity index (χ1v) is 8.62. The Morgan fingerprint density at radius 2 is 1.88 bits per heavy atom. The number of nitrogens with zero attached hydrogens (tertiary/aromatic N) is 1. The number of halogens is 4. The van der Waals surface area contributed by atoms with E-state index in [1.165, 1.54) is 17.0 Å². The fourth-order valence-electron chi connectivity index (χ4n) is 3.18. The first kappa shape index (κ1) is 18.6. The van der Waals surface area contributed by atoms with E-state index in [0.29, 0.717) is 17.0 Å². The Morgan fingerprint density at radius 1 is 1.15 bits per heavy atom. The van der Waals surface area contributed by atoms with Gasteiger partial charge in [-0.1, -0.05) is 49.2 Å². The summed E-state index contributed by atoms with van der Waals surface area (Å²) in [5.41, 5.74) is -0.0381. The van der Waals surface area contributed by atoms with Crippen LogP contribution in [-0.4, -0.2) is 12.2 Å². The van der Waals surface area contributed by atoms with Crippen molar-refractivity contribution < 1.29 is 22.7 Å². The Morgan fingerprint density at radius 3 is 2.54 bits per heavy atom. The fraction of sp³-hybridized carbons (Fsp3) is 0.316. The number of hydrogen-bond donors (Lipinski definition) is 0. The van der Waals surface area contributed by atoms with E-state index in [-0.39, 0.29) is 5.69 Å². The predicted octanol–water partition coefficient (Wildman–Crippen LogP) is 6.23. The first-order valence-electron chi connectivity index (χ1n) is 8.24. The second-order valence-electron chi connectivity index (χ2n) is 6.10. The molecule has 1 aliphatic rings. The predicted molar refractivity (Wildman–Crippen MR) is 93.3 cm³/mol. The highest BCUT2D eigenvalue weighted by Crippen LogP contribution is 2.42. The molecule has 1 amide bonds. The van der Waals surface area contributed by atoms with E-state index in [0.717, 1.165) is 18.6 Å². The van der Waals surface area contributed by atoms with E-state index in [2.05, 4.69) is 0 Å². The fourth-order valence-corrected chi connectivity index (χ4v) is 3.43. The average molecular weight is 384 g/mol. The SMILES string of the molecule is CCCC1OC(=O)N(c2cccc(C(F)(F)F)c2)C1c1ccccc1Cl. The number of carbonyl (C=O) groups is 1. The van der Waals surface area contributed by atoms with E-state index in [1.54, 1.807) is 24.3 Å². The number of amides is 1. The maximum absolute atomic E-state index is 13.1. The molecule has 7 heteroatoms. The van der Waals surface area contributed by atoms with Gasteiger partial charge in [0.2, 0.25) is 0 Å². The van der Waals surface area contributed by atoms with E-state index >= 15 is 0 Å². The van der Waals surface area contributed by atoms with Gasteiger partial charge in [-0.3, -0.25) is 4.90 Å². The van der Waals surface area contributed by atoms with E-state index in [4.69, 9.17) is 16.3 Å². The minimum absolute atomic E-state index is 0.133. The van der Waals surface area contributed by atoms with Crippen LogP contribution >= 0.6 is 11.6 Å². The quantitative estimate of drug-likeness (QED) is 0.626. The molecule has 0 bridgehead atoms. The zero-order chi connectivity index (χ0) is 18.9. The summed E-state index contributed by atoms with van der Waals surface area (Å²) < 4.78 is 44.7. The molecule has 0 saturated carbocycles. The zero-order valence-corrected chi connectivity index (χ0v) is 14.7. The molecule has 138 valence electrons. The van der Waals surface area contributed by atoms with Gasteiger partial charge in [0, 0.05) is 10.7 Å². The smallest absolute Gasteiger partial charge is 0.416 e. The summed E-state index contributed by atoms with van der Waals surface area (Å²) in [5, 5.41) is 0.439. The highest BCUT2D eigenvalue weighted by atomic mass is 35.5. The average Bonchev–Trinajstić information content (AvgIpc) is 2.91. The number of hydrogen-bond acceptors (Lipinski definition) is 2. The van der Waals surface area contributed by atoms with Crippen LogP contribution in [0.5, 0.6) is 0 Å². The van der Waals surface area contributed by atoms with Gasteiger partial charge in [0.25, 0.3) is 0 Å². The molecule has 1 saturated heterocycles. The molecule has 2 unspecified atom stereocenters. The summed E-state index contributed by atoms with van der Waals surface area (Å²) in [6.45, 7) is 1.95. The molecule has 26 heavy (non-hydrogen) atoms. The molecule has 0 aliphatic carbocycles. The minimum Gasteiger partial charge on any atom is -0.443 e. The summed E-state index contributed by atoms with van der Waals surface area (Å²) in [6.07, 6.45) is -4.32. The Labute approximate surface area is 154 Å². The summed E-state index contributed by atoms with van der Waals surface area (Å²) in [7, 11) is 0. The van der Waals surface area contributed by atoms with Crippen molar-refractivity contribution in [1.82, 2.24) is 0 Å². The molecule has 3 nitrogen and oxygen atoms in total. The highest BCUT2D eigenvalue weighted by Gasteiger charge is 2.44. The monoisotopic (exact) mass is 383 g/mol. The van der Waals surface area contributed by atoms with Crippen molar-refractivity contribution in [3.8, 4) is 0 Å². The van der Waals surface area contributed by atoms with Gasteiger partial charge in [-0.05, 0) is 36.2 Å². The van der Waals surface area contributed by atoms with Crippen LogP contribution in [0.4, 0.5) is 23.7 Å². The van der Waals surface area contributed by atoms with Gasteiger partial charge in [-0.2, -0.15) is 13.2 Å². The molecule has 3 rings (SSSR count). The van der Waals surface area contributed by atoms with Crippen LogP contribution in [-0.2, 0) is 10.9 Å². The molecule has 1 aliphatic heterocycles. The van der Waals surface area contributed by atoms with Gasteiger partial charge in [-0.25, -0.2) is 4.79 Å². The Hall–Kier alpha value is -2.21. The van der Waals surface area contributed by atoms with Gasteiger partial charge >= 0.3 is 12.3 Å². The van der Waals surface area contributed by atoms with Crippen molar-refractivity contribution >= 4 is 23.4 Å². The van der Waals surface area contributed by atoms with Crippen molar-refractivity contribution in [3.63, 3.8) is 0 Å². The zero-order valence-electron chi connectivity index (χ0n) is 14.0. The van der Waals surface area contributed by atoms with E-state index < -0.39 is 30.0 Å². The van der Waals surface area contributed by atoms with Gasteiger partial charge in [0.05, 0.1) is 5.56 Å². The maximum atomic E-state index is 13.1. The lowest BCUT2D eigenvalue weighted by atomic mass is 9.97. The van der Waals surface area contributed by atoms with E-state index in [1.807, 2.05) is 6.92 Å². The van der Waals surface area contributed by atoms with Crippen LogP contribution in [0.3, 0.4) is 0 Å². The maximum Gasteiger partial charge on any atom is 0.416 e. The van der Waals surface area contributed by atoms with E-state index in [9.17, 15) is 18.0 Å². The molecule has 0 N–H and O–H groups in total. The Bertz CT molecular complexity index is 809. The largest absolute Gasteiger partial charge is 0.443 e. The molecule has 2 atom stereocenters.